The Labute approximate surface area is 119 Å². The van der Waals surface area contributed by atoms with E-state index in [0.717, 1.165) is 17.3 Å². The van der Waals surface area contributed by atoms with E-state index in [0.29, 0.717) is 6.54 Å². The molecule has 0 aliphatic rings. The van der Waals surface area contributed by atoms with E-state index < -0.39 is 5.60 Å². The monoisotopic (exact) mass is 274 g/mol. The summed E-state index contributed by atoms with van der Waals surface area (Å²) in [4.78, 5) is 12.0. The maximum atomic E-state index is 12.0. The fourth-order valence-electron chi connectivity index (χ4n) is 2.32. The summed E-state index contributed by atoms with van der Waals surface area (Å²) in [6.45, 7) is 6.44. The first-order chi connectivity index (χ1) is 9.40. The number of ether oxygens (including phenoxy) is 1. The minimum atomic E-state index is -0.458. The molecule has 0 unspecified atom stereocenters. The van der Waals surface area contributed by atoms with E-state index in [1.807, 2.05) is 49.7 Å². The molecule has 0 spiro atoms. The lowest BCUT2D eigenvalue weighted by Gasteiger charge is -2.19. The van der Waals surface area contributed by atoms with E-state index in [-0.39, 0.29) is 12.5 Å². The summed E-state index contributed by atoms with van der Waals surface area (Å²) in [6, 6.07) is 8.05. The molecule has 0 bridgehead atoms. The Bertz CT molecular complexity index is 608. The molecule has 108 valence electrons. The zero-order chi connectivity index (χ0) is 14.8. The third kappa shape index (κ3) is 3.39. The maximum Gasteiger partial charge on any atom is 0.326 e. The van der Waals surface area contributed by atoms with E-state index in [1.165, 1.54) is 5.56 Å². The van der Waals surface area contributed by atoms with Gasteiger partial charge in [-0.05, 0) is 45.4 Å². The number of benzene rings is 1. The average Bonchev–Trinajstić information content (AvgIpc) is 2.66. The zero-order valence-corrected chi connectivity index (χ0v) is 12.3. The SMILES string of the molecule is CC(C)(C)OC(=O)Cn1cc(CCN)c2ccccc21. The molecular formula is C16H22N2O2. The van der Waals surface area contributed by atoms with Crippen LogP contribution in [0.4, 0.5) is 0 Å². The second kappa shape index (κ2) is 5.67. The minimum absolute atomic E-state index is 0.224. The van der Waals surface area contributed by atoms with Crippen molar-refractivity contribution >= 4 is 16.9 Å². The van der Waals surface area contributed by atoms with Gasteiger partial charge >= 0.3 is 5.97 Å². The van der Waals surface area contributed by atoms with Crippen LogP contribution in [0.2, 0.25) is 0 Å². The van der Waals surface area contributed by atoms with Crippen molar-refractivity contribution in [3.8, 4) is 0 Å². The van der Waals surface area contributed by atoms with E-state index >= 15 is 0 Å². The fraction of sp³-hybridized carbons (Fsp3) is 0.438. The molecule has 0 amide bonds. The van der Waals surface area contributed by atoms with Gasteiger partial charge in [-0.25, -0.2) is 0 Å². The van der Waals surface area contributed by atoms with E-state index in [9.17, 15) is 4.79 Å². The van der Waals surface area contributed by atoms with Gasteiger partial charge in [-0.3, -0.25) is 4.79 Å². The predicted octanol–water partition coefficient (Wildman–Crippen LogP) is 2.48. The van der Waals surface area contributed by atoms with Gasteiger partial charge in [0.25, 0.3) is 0 Å². The molecule has 4 nitrogen and oxygen atoms in total. The van der Waals surface area contributed by atoms with Crippen molar-refractivity contribution in [2.75, 3.05) is 6.54 Å². The number of carbonyl (C=O) groups excluding carboxylic acids is 1. The first-order valence-electron chi connectivity index (χ1n) is 6.89. The Kier molecular flexibility index (Phi) is 4.14. The summed E-state index contributed by atoms with van der Waals surface area (Å²) in [5.41, 5.74) is 7.40. The maximum absolute atomic E-state index is 12.0. The lowest BCUT2D eigenvalue weighted by Crippen LogP contribution is -2.26. The highest BCUT2D eigenvalue weighted by Gasteiger charge is 2.17. The van der Waals surface area contributed by atoms with E-state index in [1.54, 1.807) is 0 Å². The Balaban J connectivity index is 2.28. The van der Waals surface area contributed by atoms with Crippen molar-refractivity contribution in [1.82, 2.24) is 4.57 Å². The Morgan fingerprint density at radius 2 is 2.00 bits per heavy atom. The molecule has 0 radical (unpaired) electrons. The van der Waals surface area contributed by atoms with Gasteiger partial charge in [0.05, 0.1) is 0 Å². The van der Waals surface area contributed by atoms with Crippen molar-refractivity contribution < 1.29 is 9.53 Å². The number of rotatable bonds is 4. The normalized spacial score (nSPS) is 11.8. The molecular weight excluding hydrogens is 252 g/mol. The highest BCUT2D eigenvalue weighted by atomic mass is 16.6. The van der Waals surface area contributed by atoms with Crippen LogP contribution in [0.1, 0.15) is 26.3 Å². The summed E-state index contributed by atoms with van der Waals surface area (Å²) >= 11 is 0. The van der Waals surface area contributed by atoms with Crippen molar-refractivity contribution in [2.24, 2.45) is 5.73 Å². The molecule has 0 aliphatic carbocycles. The highest BCUT2D eigenvalue weighted by molar-refractivity contribution is 5.85. The standard InChI is InChI=1S/C16H22N2O2/c1-16(2,3)20-15(19)11-18-10-12(8-9-17)13-6-4-5-7-14(13)18/h4-7,10H,8-9,11,17H2,1-3H3. The molecule has 4 heteroatoms. The van der Waals surface area contributed by atoms with Crippen molar-refractivity contribution in [3.05, 3.63) is 36.0 Å². The Hall–Kier alpha value is -1.81. The summed E-state index contributed by atoms with van der Waals surface area (Å²) in [5.74, 6) is -0.224. The first kappa shape index (κ1) is 14.6. The average molecular weight is 274 g/mol. The number of carbonyl (C=O) groups is 1. The second-order valence-corrected chi connectivity index (χ2v) is 5.92. The van der Waals surface area contributed by atoms with Gasteiger partial charge in [0, 0.05) is 17.1 Å². The van der Waals surface area contributed by atoms with Gasteiger partial charge in [0.15, 0.2) is 0 Å². The molecule has 0 aliphatic heterocycles. The topological polar surface area (TPSA) is 57.2 Å². The number of aromatic nitrogens is 1. The number of esters is 1. The largest absolute Gasteiger partial charge is 0.459 e. The summed E-state index contributed by atoms with van der Waals surface area (Å²) in [5, 5.41) is 1.15. The van der Waals surface area contributed by atoms with Crippen molar-refractivity contribution in [1.29, 1.82) is 0 Å². The molecule has 1 heterocycles. The van der Waals surface area contributed by atoms with Gasteiger partial charge < -0.3 is 15.0 Å². The first-order valence-corrected chi connectivity index (χ1v) is 6.89. The van der Waals surface area contributed by atoms with E-state index in [2.05, 4.69) is 6.07 Å². The van der Waals surface area contributed by atoms with Crippen molar-refractivity contribution in [2.45, 2.75) is 39.3 Å². The van der Waals surface area contributed by atoms with E-state index in [4.69, 9.17) is 10.5 Å². The van der Waals surface area contributed by atoms with Gasteiger partial charge in [0.1, 0.15) is 12.1 Å². The van der Waals surface area contributed by atoms with Crippen LogP contribution in [0.15, 0.2) is 30.5 Å². The third-order valence-electron chi connectivity index (χ3n) is 3.00. The molecule has 1 aromatic carbocycles. The van der Waals surface area contributed by atoms with Crippen LogP contribution < -0.4 is 5.73 Å². The number of hydrogen-bond donors (Lipinski definition) is 1. The van der Waals surface area contributed by atoms with Crippen LogP contribution in [0.3, 0.4) is 0 Å². The van der Waals surface area contributed by atoms with Gasteiger partial charge in [-0.15, -0.1) is 0 Å². The minimum Gasteiger partial charge on any atom is -0.459 e. The second-order valence-electron chi connectivity index (χ2n) is 5.92. The fourth-order valence-corrected chi connectivity index (χ4v) is 2.32. The summed E-state index contributed by atoms with van der Waals surface area (Å²) in [7, 11) is 0. The van der Waals surface area contributed by atoms with Crippen LogP contribution in [-0.4, -0.2) is 22.7 Å². The molecule has 0 fully saturated rings. The zero-order valence-electron chi connectivity index (χ0n) is 12.3. The number of nitrogens with zero attached hydrogens (tertiary/aromatic N) is 1. The molecule has 0 saturated heterocycles. The quantitative estimate of drug-likeness (QED) is 0.871. The lowest BCUT2D eigenvalue weighted by molar-refractivity contribution is -0.155. The molecule has 0 atom stereocenters. The molecule has 1 aromatic heterocycles. The number of para-hydroxylation sites is 1. The molecule has 2 N–H and O–H groups in total. The molecule has 20 heavy (non-hydrogen) atoms. The highest BCUT2D eigenvalue weighted by Crippen LogP contribution is 2.22. The number of fused-ring (bicyclic) bond motifs is 1. The van der Waals surface area contributed by atoms with Crippen LogP contribution in [0, 0.1) is 0 Å². The van der Waals surface area contributed by atoms with Crippen LogP contribution in [0.25, 0.3) is 10.9 Å². The molecule has 0 saturated carbocycles. The van der Waals surface area contributed by atoms with Crippen LogP contribution >= 0.6 is 0 Å². The molecule has 2 rings (SSSR count). The van der Waals surface area contributed by atoms with Gasteiger partial charge in [-0.1, -0.05) is 18.2 Å². The van der Waals surface area contributed by atoms with Gasteiger partial charge in [-0.2, -0.15) is 0 Å². The summed E-state index contributed by atoms with van der Waals surface area (Å²) in [6.07, 6.45) is 2.81. The third-order valence-corrected chi connectivity index (χ3v) is 3.00. The Morgan fingerprint density at radius 1 is 1.30 bits per heavy atom. The smallest absolute Gasteiger partial charge is 0.326 e. The van der Waals surface area contributed by atoms with Crippen LogP contribution in [-0.2, 0) is 22.5 Å². The van der Waals surface area contributed by atoms with Crippen LogP contribution in [0.5, 0.6) is 0 Å². The van der Waals surface area contributed by atoms with Crippen molar-refractivity contribution in [3.63, 3.8) is 0 Å². The lowest BCUT2D eigenvalue weighted by atomic mass is 10.1. The Morgan fingerprint density at radius 3 is 2.65 bits per heavy atom. The predicted molar refractivity (Wildman–Crippen MR) is 80.5 cm³/mol. The summed E-state index contributed by atoms with van der Waals surface area (Å²) < 4.78 is 7.31. The number of nitrogens with two attached hydrogens (primary N) is 1. The molecule has 2 aromatic rings. The number of hydrogen-bond acceptors (Lipinski definition) is 3. The van der Waals surface area contributed by atoms with Gasteiger partial charge in [0.2, 0.25) is 0 Å².